The quantitative estimate of drug-likeness (QED) is 0.830. The molecule has 0 spiro atoms. The molecule has 6 heteroatoms. The van der Waals surface area contributed by atoms with E-state index in [0.29, 0.717) is 11.1 Å². The van der Waals surface area contributed by atoms with Crippen LogP contribution < -0.4 is 5.73 Å². The molecule has 1 amide bonds. The molecule has 5 nitrogen and oxygen atoms in total. The first kappa shape index (κ1) is 12.7. The predicted octanol–water partition coefficient (Wildman–Crippen LogP) is 0.344. The molecule has 0 unspecified atom stereocenters. The standard InChI is InChI=1S/C10H14N2O3S/c1-7-6-8(10(11)13)4-5-9(7)16(14,15)12(2)3/h4-6H,1-3H3,(H2,11,13). The lowest BCUT2D eigenvalue weighted by atomic mass is 10.1. The normalized spacial score (nSPS) is 11.8. The number of carbonyl (C=O) groups excluding carboxylic acids is 1. The van der Waals surface area contributed by atoms with Crippen molar-refractivity contribution in [2.24, 2.45) is 5.73 Å². The van der Waals surface area contributed by atoms with Crippen LogP contribution in [0.15, 0.2) is 23.1 Å². The maximum absolute atomic E-state index is 11.8. The highest BCUT2D eigenvalue weighted by atomic mass is 32.2. The summed E-state index contributed by atoms with van der Waals surface area (Å²) in [7, 11) is -0.559. The van der Waals surface area contributed by atoms with Crippen molar-refractivity contribution in [3.05, 3.63) is 29.3 Å². The molecule has 0 fully saturated rings. The van der Waals surface area contributed by atoms with Crippen LogP contribution in [0.4, 0.5) is 0 Å². The lowest BCUT2D eigenvalue weighted by Gasteiger charge is -2.13. The van der Waals surface area contributed by atoms with Gasteiger partial charge in [0.05, 0.1) is 4.90 Å². The van der Waals surface area contributed by atoms with E-state index in [1.165, 1.54) is 32.3 Å². The summed E-state index contributed by atoms with van der Waals surface area (Å²) >= 11 is 0. The fourth-order valence-electron chi connectivity index (χ4n) is 1.29. The summed E-state index contributed by atoms with van der Waals surface area (Å²) < 4.78 is 24.8. The summed E-state index contributed by atoms with van der Waals surface area (Å²) in [4.78, 5) is 11.1. The van der Waals surface area contributed by atoms with E-state index in [9.17, 15) is 13.2 Å². The van der Waals surface area contributed by atoms with Crippen molar-refractivity contribution in [3.63, 3.8) is 0 Å². The maximum atomic E-state index is 11.8. The molecule has 0 saturated heterocycles. The molecule has 0 aliphatic heterocycles. The van der Waals surface area contributed by atoms with E-state index < -0.39 is 15.9 Å². The van der Waals surface area contributed by atoms with Crippen LogP contribution in [0.3, 0.4) is 0 Å². The number of benzene rings is 1. The lowest BCUT2D eigenvalue weighted by Crippen LogP contribution is -2.23. The van der Waals surface area contributed by atoms with Crippen LogP contribution >= 0.6 is 0 Å². The smallest absolute Gasteiger partial charge is 0.248 e. The van der Waals surface area contributed by atoms with Crippen molar-refractivity contribution in [2.75, 3.05) is 14.1 Å². The second kappa shape index (κ2) is 4.23. The Morgan fingerprint density at radius 2 is 1.88 bits per heavy atom. The van der Waals surface area contributed by atoms with Crippen molar-refractivity contribution in [2.45, 2.75) is 11.8 Å². The summed E-state index contributed by atoms with van der Waals surface area (Å²) in [5, 5.41) is 0. The molecular weight excluding hydrogens is 228 g/mol. The van der Waals surface area contributed by atoms with Gasteiger partial charge in [0, 0.05) is 19.7 Å². The zero-order chi connectivity index (χ0) is 12.5. The first-order valence-corrected chi connectivity index (χ1v) is 6.04. The van der Waals surface area contributed by atoms with Gasteiger partial charge in [-0.1, -0.05) is 0 Å². The number of nitrogens with zero attached hydrogens (tertiary/aromatic N) is 1. The summed E-state index contributed by atoms with van der Waals surface area (Å²) in [5.74, 6) is -0.572. The van der Waals surface area contributed by atoms with Crippen molar-refractivity contribution >= 4 is 15.9 Å². The van der Waals surface area contributed by atoms with Crippen LogP contribution in [-0.4, -0.2) is 32.7 Å². The van der Waals surface area contributed by atoms with Gasteiger partial charge in [-0.05, 0) is 30.7 Å². The molecule has 0 bridgehead atoms. The van der Waals surface area contributed by atoms with Crippen LogP contribution in [0, 0.1) is 6.92 Å². The molecule has 0 radical (unpaired) electrons. The average molecular weight is 242 g/mol. The SMILES string of the molecule is Cc1cc(C(N)=O)ccc1S(=O)(=O)N(C)C. The number of primary amides is 1. The highest BCUT2D eigenvalue weighted by molar-refractivity contribution is 7.89. The molecule has 16 heavy (non-hydrogen) atoms. The van der Waals surface area contributed by atoms with Gasteiger partial charge in [-0.25, -0.2) is 12.7 Å². The van der Waals surface area contributed by atoms with E-state index in [1.54, 1.807) is 6.92 Å². The number of amides is 1. The van der Waals surface area contributed by atoms with Crippen molar-refractivity contribution in [3.8, 4) is 0 Å². The van der Waals surface area contributed by atoms with E-state index in [1.807, 2.05) is 0 Å². The third kappa shape index (κ3) is 2.23. The van der Waals surface area contributed by atoms with E-state index in [2.05, 4.69) is 0 Å². The Kier molecular flexibility index (Phi) is 3.35. The molecule has 0 aromatic heterocycles. The average Bonchev–Trinajstić information content (AvgIpc) is 2.16. The Morgan fingerprint density at radius 3 is 2.25 bits per heavy atom. The Balaban J connectivity index is 3.35. The van der Waals surface area contributed by atoms with Gasteiger partial charge in [0.25, 0.3) is 0 Å². The molecule has 0 aliphatic rings. The molecule has 1 aromatic rings. The molecule has 0 saturated carbocycles. The van der Waals surface area contributed by atoms with Gasteiger partial charge >= 0.3 is 0 Å². The third-order valence-corrected chi connectivity index (χ3v) is 4.19. The monoisotopic (exact) mass is 242 g/mol. The van der Waals surface area contributed by atoms with E-state index in [0.717, 1.165) is 4.31 Å². The lowest BCUT2D eigenvalue weighted by molar-refractivity contribution is 0.1000. The van der Waals surface area contributed by atoms with Crippen molar-refractivity contribution < 1.29 is 13.2 Å². The number of nitrogens with two attached hydrogens (primary N) is 1. The largest absolute Gasteiger partial charge is 0.366 e. The molecular formula is C10H14N2O3S. The van der Waals surface area contributed by atoms with Crippen LogP contribution in [-0.2, 0) is 10.0 Å². The Morgan fingerprint density at radius 1 is 1.31 bits per heavy atom. The Hall–Kier alpha value is -1.40. The number of sulfonamides is 1. The first-order valence-electron chi connectivity index (χ1n) is 4.60. The van der Waals surface area contributed by atoms with Crippen LogP contribution in [0.2, 0.25) is 0 Å². The van der Waals surface area contributed by atoms with Crippen molar-refractivity contribution in [1.29, 1.82) is 0 Å². The fraction of sp³-hybridized carbons (Fsp3) is 0.300. The first-order chi connectivity index (χ1) is 7.26. The molecule has 2 N–H and O–H groups in total. The van der Waals surface area contributed by atoms with Gasteiger partial charge in [-0.15, -0.1) is 0 Å². The second-order valence-corrected chi connectivity index (χ2v) is 5.75. The maximum Gasteiger partial charge on any atom is 0.248 e. The van der Waals surface area contributed by atoms with Gasteiger partial charge in [0.15, 0.2) is 0 Å². The molecule has 0 heterocycles. The van der Waals surface area contributed by atoms with Gasteiger partial charge in [-0.3, -0.25) is 4.79 Å². The number of aryl methyl sites for hydroxylation is 1. The summed E-state index contributed by atoms with van der Waals surface area (Å²) in [6.07, 6.45) is 0. The predicted molar refractivity (Wildman–Crippen MR) is 60.6 cm³/mol. The minimum atomic E-state index is -3.47. The zero-order valence-corrected chi connectivity index (χ0v) is 10.2. The minimum absolute atomic E-state index is 0.183. The Bertz CT molecular complexity index is 521. The summed E-state index contributed by atoms with van der Waals surface area (Å²) in [6, 6.07) is 4.27. The molecule has 0 aliphatic carbocycles. The molecule has 0 atom stereocenters. The van der Waals surface area contributed by atoms with E-state index in [-0.39, 0.29) is 4.90 Å². The summed E-state index contributed by atoms with van der Waals surface area (Å²) in [5.41, 5.74) is 5.91. The number of hydrogen-bond donors (Lipinski definition) is 1. The number of hydrogen-bond acceptors (Lipinski definition) is 3. The molecule has 1 aromatic carbocycles. The fourth-order valence-corrected chi connectivity index (χ4v) is 2.39. The topological polar surface area (TPSA) is 80.5 Å². The van der Waals surface area contributed by atoms with Gasteiger partial charge in [0.2, 0.25) is 15.9 Å². The Labute approximate surface area is 94.9 Å². The number of carbonyl (C=O) groups is 1. The minimum Gasteiger partial charge on any atom is -0.366 e. The third-order valence-electron chi connectivity index (χ3n) is 2.22. The zero-order valence-electron chi connectivity index (χ0n) is 9.39. The molecule has 1 rings (SSSR count). The highest BCUT2D eigenvalue weighted by Crippen LogP contribution is 2.19. The van der Waals surface area contributed by atoms with Gasteiger partial charge < -0.3 is 5.73 Å². The van der Waals surface area contributed by atoms with Crippen molar-refractivity contribution in [1.82, 2.24) is 4.31 Å². The van der Waals surface area contributed by atoms with E-state index >= 15 is 0 Å². The van der Waals surface area contributed by atoms with Crippen LogP contribution in [0.1, 0.15) is 15.9 Å². The van der Waals surface area contributed by atoms with Crippen LogP contribution in [0.25, 0.3) is 0 Å². The summed E-state index contributed by atoms with van der Waals surface area (Å²) in [6.45, 7) is 1.63. The highest BCUT2D eigenvalue weighted by Gasteiger charge is 2.19. The number of rotatable bonds is 3. The van der Waals surface area contributed by atoms with Crippen LogP contribution in [0.5, 0.6) is 0 Å². The van der Waals surface area contributed by atoms with E-state index in [4.69, 9.17) is 5.73 Å². The van der Waals surface area contributed by atoms with Gasteiger partial charge in [0.1, 0.15) is 0 Å². The second-order valence-electron chi connectivity index (χ2n) is 3.63. The molecule has 88 valence electrons. The van der Waals surface area contributed by atoms with Gasteiger partial charge in [-0.2, -0.15) is 0 Å².